The van der Waals surface area contributed by atoms with Gasteiger partial charge in [0.2, 0.25) is 5.89 Å². The SMILES string of the molecule is CN=C(NCCCc1nc(C(C)C)no1)NC(C)CCCC(C)C. The van der Waals surface area contributed by atoms with E-state index in [0.29, 0.717) is 17.9 Å². The highest BCUT2D eigenvalue weighted by atomic mass is 16.5. The van der Waals surface area contributed by atoms with Gasteiger partial charge < -0.3 is 15.2 Å². The van der Waals surface area contributed by atoms with Crippen molar-refractivity contribution >= 4 is 5.96 Å². The Balaban J connectivity index is 2.21. The van der Waals surface area contributed by atoms with Crippen LogP contribution in [-0.4, -0.2) is 35.7 Å². The summed E-state index contributed by atoms with van der Waals surface area (Å²) >= 11 is 0. The van der Waals surface area contributed by atoms with Gasteiger partial charge in [-0.05, 0) is 25.7 Å². The van der Waals surface area contributed by atoms with E-state index in [1.807, 2.05) is 7.05 Å². The van der Waals surface area contributed by atoms with Gasteiger partial charge in [-0.1, -0.05) is 45.7 Å². The lowest BCUT2D eigenvalue weighted by Gasteiger charge is -2.18. The number of rotatable bonds is 10. The summed E-state index contributed by atoms with van der Waals surface area (Å²) in [5.41, 5.74) is 0. The van der Waals surface area contributed by atoms with Gasteiger partial charge >= 0.3 is 0 Å². The van der Waals surface area contributed by atoms with Crippen molar-refractivity contribution in [3.63, 3.8) is 0 Å². The molecule has 0 saturated heterocycles. The highest BCUT2D eigenvalue weighted by Gasteiger charge is 2.09. The number of nitrogens with one attached hydrogen (secondary N) is 2. The Kier molecular flexibility index (Phi) is 9.42. The van der Waals surface area contributed by atoms with Crippen LogP contribution in [0.4, 0.5) is 0 Å². The van der Waals surface area contributed by atoms with Gasteiger partial charge in [0.05, 0.1) is 0 Å². The molecule has 1 unspecified atom stereocenters. The second kappa shape index (κ2) is 11.0. The number of aliphatic imine (C=N–C) groups is 1. The van der Waals surface area contributed by atoms with Gasteiger partial charge in [-0.25, -0.2) is 0 Å². The fourth-order valence-corrected chi connectivity index (χ4v) is 2.38. The zero-order valence-corrected chi connectivity index (χ0v) is 16.2. The Morgan fingerprint density at radius 2 is 1.88 bits per heavy atom. The van der Waals surface area contributed by atoms with Crippen LogP contribution in [0.5, 0.6) is 0 Å². The van der Waals surface area contributed by atoms with Crippen molar-refractivity contribution in [2.75, 3.05) is 13.6 Å². The van der Waals surface area contributed by atoms with E-state index in [1.165, 1.54) is 19.3 Å². The van der Waals surface area contributed by atoms with Gasteiger partial charge in [-0.3, -0.25) is 4.99 Å². The van der Waals surface area contributed by atoms with E-state index in [2.05, 4.69) is 60.4 Å². The summed E-state index contributed by atoms with van der Waals surface area (Å²) in [7, 11) is 1.81. The fraction of sp³-hybridized carbons (Fsp3) is 0.833. The van der Waals surface area contributed by atoms with Crippen LogP contribution in [0.2, 0.25) is 0 Å². The zero-order valence-electron chi connectivity index (χ0n) is 16.2. The number of guanidine groups is 1. The molecular formula is C18H35N5O. The van der Waals surface area contributed by atoms with Crippen molar-refractivity contribution in [1.29, 1.82) is 0 Å². The van der Waals surface area contributed by atoms with Crippen LogP contribution < -0.4 is 10.6 Å². The van der Waals surface area contributed by atoms with Crippen LogP contribution in [0, 0.1) is 5.92 Å². The van der Waals surface area contributed by atoms with Crippen LogP contribution in [-0.2, 0) is 6.42 Å². The maximum absolute atomic E-state index is 5.25. The average Bonchev–Trinajstić information content (AvgIpc) is 2.99. The molecule has 6 heteroatoms. The lowest BCUT2D eigenvalue weighted by atomic mass is 10.0. The van der Waals surface area contributed by atoms with Crippen molar-refractivity contribution in [2.45, 2.75) is 78.7 Å². The maximum atomic E-state index is 5.25. The Labute approximate surface area is 146 Å². The molecule has 0 aromatic carbocycles. The third-order valence-electron chi connectivity index (χ3n) is 3.89. The third-order valence-corrected chi connectivity index (χ3v) is 3.89. The smallest absolute Gasteiger partial charge is 0.226 e. The standard InChI is InChI=1S/C18H35N5O/c1-13(2)9-7-10-15(5)21-18(19-6)20-12-8-11-16-22-17(14(3)4)23-24-16/h13-15H,7-12H2,1-6H3,(H2,19,20,21). The van der Waals surface area contributed by atoms with E-state index in [1.54, 1.807) is 0 Å². The first kappa shape index (κ1) is 20.5. The van der Waals surface area contributed by atoms with Gasteiger partial charge in [0.1, 0.15) is 0 Å². The predicted octanol–water partition coefficient (Wildman–Crippen LogP) is 3.51. The molecule has 1 heterocycles. The van der Waals surface area contributed by atoms with E-state index in [0.717, 1.165) is 37.1 Å². The quantitative estimate of drug-likeness (QED) is 0.388. The minimum Gasteiger partial charge on any atom is -0.356 e. The lowest BCUT2D eigenvalue weighted by molar-refractivity contribution is 0.368. The zero-order chi connectivity index (χ0) is 17.9. The first-order valence-electron chi connectivity index (χ1n) is 9.22. The Morgan fingerprint density at radius 3 is 2.46 bits per heavy atom. The molecule has 1 rings (SSSR count). The van der Waals surface area contributed by atoms with Crippen LogP contribution in [0.25, 0.3) is 0 Å². The summed E-state index contributed by atoms with van der Waals surface area (Å²) in [5, 5.41) is 10.8. The highest BCUT2D eigenvalue weighted by molar-refractivity contribution is 5.79. The van der Waals surface area contributed by atoms with Crippen molar-refractivity contribution in [3.05, 3.63) is 11.7 Å². The van der Waals surface area contributed by atoms with E-state index >= 15 is 0 Å². The molecule has 138 valence electrons. The summed E-state index contributed by atoms with van der Waals surface area (Å²) in [6.07, 6.45) is 5.41. The molecule has 0 amide bonds. The first-order chi connectivity index (χ1) is 11.4. The molecule has 0 radical (unpaired) electrons. The first-order valence-corrected chi connectivity index (χ1v) is 9.22. The Hall–Kier alpha value is -1.59. The summed E-state index contributed by atoms with van der Waals surface area (Å²) < 4.78 is 5.25. The molecule has 0 bridgehead atoms. The van der Waals surface area contributed by atoms with Crippen molar-refractivity contribution < 1.29 is 4.52 Å². The molecule has 0 aliphatic carbocycles. The summed E-state index contributed by atoms with van der Waals surface area (Å²) in [6, 6.07) is 0.430. The van der Waals surface area contributed by atoms with Crippen molar-refractivity contribution in [3.8, 4) is 0 Å². The molecule has 0 aliphatic rings. The van der Waals surface area contributed by atoms with Gasteiger partial charge in [0.15, 0.2) is 11.8 Å². The van der Waals surface area contributed by atoms with E-state index in [-0.39, 0.29) is 0 Å². The number of aromatic nitrogens is 2. The molecule has 6 nitrogen and oxygen atoms in total. The van der Waals surface area contributed by atoms with Crippen LogP contribution in [0.3, 0.4) is 0 Å². The second-order valence-electron chi connectivity index (χ2n) is 7.17. The molecule has 2 N–H and O–H groups in total. The van der Waals surface area contributed by atoms with Crippen LogP contribution in [0.1, 0.15) is 77.9 Å². The normalized spacial score (nSPS) is 13.6. The molecule has 0 fully saturated rings. The van der Waals surface area contributed by atoms with Crippen LogP contribution in [0.15, 0.2) is 9.52 Å². The Morgan fingerprint density at radius 1 is 1.12 bits per heavy atom. The Bertz CT molecular complexity index is 482. The van der Waals surface area contributed by atoms with Crippen molar-refractivity contribution in [1.82, 2.24) is 20.8 Å². The largest absolute Gasteiger partial charge is 0.356 e. The molecular weight excluding hydrogens is 302 g/mol. The molecule has 1 aromatic rings. The predicted molar refractivity (Wildman–Crippen MR) is 99.4 cm³/mol. The minimum absolute atomic E-state index is 0.306. The van der Waals surface area contributed by atoms with Gasteiger partial charge in [-0.2, -0.15) is 4.98 Å². The van der Waals surface area contributed by atoms with Gasteiger partial charge in [0, 0.05) is 32.0 Å². The molecule has 1 atom stereocenters. The fourth-order valence-electron chi connectivity index (χ4n) is 2.38. The highest BCUT2D eigenvalue weighted by Crippen LogP contribution is 2.10. The topological polar surface area (TPSA) is 75.3 Å². The number of hydrogen-bond acceptors (Lipinski definition) is 4. The van der Waals surface area contributed by atoms with E-state index < -0.39 is 0 Å². The maximum Gasteiger partial charge on any atom is 0.226 e. The second-order valence-corrected chi connectivity index (χ2v) is 7.17. The molecule has 0 saturated carbocycles. The third kappa shape index (κ3) is 8.31. The monoisotopic (exact) mass is 337 g/mol. The molecule has 24 heavy (non-hydrogen) atoms. The summed E-state index contributed by atoms with van der Waals surface area (Å²) in [6.45, 7) is 11.7. The van der Waals surface area contributed by atoms with Gasteiger partial charge in [-0.15, -0.1) is 0 Å². The number of aryl methyl sites for hydroxylation is 1. The van der Waals surface area contributed by atoms with Crippen molar-refractivity contribution in [2.24, 2.45) is 10.9 Å². The summed E-state index contributed by atoms with van der Waals surface area (Å²) in [4.78, 5) is 8.68. The number of hydrogen-bond donors (Lipinski definition) is 2. The van der Waals surface area contributed by atoms with Crippen LogP contribution >= 0.6 is 0 Å². The van der Waals surface area contributed by atoms with Gasteiger partial charge in [0.25, 0.3) is 0 Å². The lowest BCUT2D eigenvalue weighted by Crippen LogP contribution is -2.42. The average molecular weight is 338 g/mol. The number of nitrogens with zero attached hydrogens (tertiary/aromatic N) is 3. The van der Waals surface area contributed by atoms with E-state index in [9.17, 15) is 0 Å². The minimum atomic E-state index is 0.306. The van der Waals surface area contributed by atoms with E-state index in [4.69, 9.17) is 4.52 Å². The molecule has 0 spiro atoms. The summed E-state index contributed by atoms with van der Waals surface area (Å²) in [5.74, 6) is 3.44. The molecule has 1 aromatic heterocycles. The molecule has 0 aliphatic heterocycles.